The Hall–Kier alpha value is -1.46. The van der Waals surface area contributed by atoms with Crippen LogP contribution in [0.1, 0.15) is 18.0 Å². The second-order valence-electron chi connectivity index (χ2n) is 3.70. The summed E-state index contributed by atoms with van der Waals surface area (Å²) in [5.74, 6) is -1.03. The molecule has 1 atom stereocenters. The molecule has 102 valence electrons. The molecule has 6 nitrogen and oxygen atoms in total. The number of hydrogen-bond acceptors (Lipinski definition) is 3. The van der Waals surface area contributed by atoms with Gasteiger partial charge in [-0.2, -0.15) is 0 Å². The summed E-state index contributed by atoms with van der Waals surface area (Å²) in [5.41, 5.74) is 8.56. The van der Waals surface area contributed by atoms with E-state index in [1.807, 2.05) is 0 Å². The molecule has 1 rings (SSSR count). The van der Waals surface area contributed by atoms with Crippen LogP contribution in [-0.4, -0.2) is 24.2 Å². The molecule has 0 aromatic heterocycles. The van der Waals surface area contributed by atoms with Crippen molar-refractivity contribution in [1.29, 1.82) is 0 Å². The van der Waals surface area contributed by atoms with Crippen LogP contribution in [0.15, 0.2) is 23.3 Å². The van der Waals surface area contributed by atoms with Crippen LogP contribution in [0.5, 0.6) is 0 Å². The molecular formula is C11H12Cl2N4O2. The Balaban J connectivity index is 2.71. The predicted molar refractivity (Wildman–Crippen MR) is 73.5 cm³/mol. The molecule has 0 saturated carbocycles. The molecule has 0 aliphatic carbocycles. The quantitative estimate of drug-likeness (QED) is 0.349. The molecule has 0 amide bonds. The molecule has 2 N–H and O–H groups in total. The minimum absolute atomic E-state index is 0.294. The Labute approximate surface area is 120 Å². The van der Waals surface area contributed by atoms with Gasteiger partial charge in [0, 0.05) is 21.5 Å². The maximum absolute atomic E-state index is 11.2. The molecule has 0 aliphatic rings. The lowest BCUT2D eigenvalue weighted by molar-refractivity contribution is -0.139. The van der Waals surface area contributed by atoms with Crippen LogP contribution >= 0.6 is 23.2 Å². The molecule has 0 radical (unpaired) electrons. The third-order valence-corrected chi connectivity index (χ3v) is 2.93. The van der Waals surface area contributed by atoms with Crippen molar-refractivity contribution in [3.05, 3.63) is 44.3 Å². The van der Waals surface area contributed by atoms with E-state index in [1.165, 1.54) is 6.07 Å². The van der Waals surface area contributed by atoms with Crippen LogP contribution in [-0.2, 0) is 4.79 Å². The molecule has 0 saturated heterocycles. The number of nitrogens with one attached hydrogen (secondary N) is 1. The van der Waals surface area contributed by atoms with Crippen LogP contribution in [0.3, 0.4) is 0 Å². The number of benzene rings is 1. The van der Waals surface area contributed by atoms with Gasteiger partial charge in [0.2, 0.25) is 0 Å². The third kappa shape index (κ3) is 4.96. The number of hydrogen-bond donors (Lipinski definition) is 2. The molecule has 0 fully saturated rings. The number of nitrogens with zero attached hydrogens (tertiary/aromatic N) is 3. The first-order valence-electron chi connectivity index (χ1n) is 5.48. The summed E-state index contributed by atoms with van der Waals surface area (Å²) in [4.78, 5) is 13.8. The topological polar surface area (TPSA) is 98.1 Å². The number of azide groups is 1. The predicted octanol–water partition coefficient (Wildman–Crippen LogP) is 3.41. The average molecular weight is 303 g/mol. The smallest absolute Gasteiger partial charge is 0.325 e. The molecule has 0 bridgehead atoms. The zero-order valence-electron chi connectivity index (χ0n) is 9.88. The lowest BCUT2D eigenvalue weighted by Crippen LogP contribution is -2.29. The Kier molecular flexibility index (Phi) is 6.45. The van der Waals surface area contributed by atoms with E-state index in [9.17, 15) is 9.90 Å². The number of aliphatic carboxylic acids is 1. The van der Waals surface area contributed by atoms with E-state index in [0.29, 0.717) is 35.1 Å². The van der Waals surface area contributed by atoms with Crippen molar-refractivity contribution in [3.8, 4) is 0 Å². The van der Waals surface area contributed by atoms with Gasteiger partial charge in [-0.1, -0.05) is 34.4 Å². The van der Waals surface area contributed by atoms with Gasteiger partial charge in [0.05, 0.1) is 0 Å². The lowest BCUT2D eigenvalue weighted by Gasteiger charge is -2.16. The molecule has 0 spiro atoms. The van der Waals surface area contributed by atoms with Gasteiger partial charge >= 0.3 is 5.97 Å². The van der Waals surface area contributed by atoms with Crippen LogP contribution in [0.25, 0.3) is 10.4 Å². The summed E-state index contributed by atoms with van der Waals surface area (Å²) in [6.45, 7) is 0.707. The van der Waals surface area contributed by atoms with Gasteiger partial charge in [-0.3, -0.25) is 4.79 Å². The van der Waals surface area contributed by atoms with Crippen molar-refractivity contribution in [2.24, 2.45) is 5.11 Å². The Morgan fingerprint density at radius 2 is 2.26 bits per heavy atom. The van der Waals surface area contributed by atoms with Crippen molar-refractivity contribution in [2.45, 2.75) is 12.5 Å². The first kappa shape index (κ1) is 15.6. The van der Waals surface area contributed by atoms with Gasteiger partial charge in [0.1, 0.15) is 6.04 Å². The summed E-state index contributed by atoms with van der Waals surface area (Å²) in [5, 5.41) is 16.1. The van der Waals surface area contributed by atoms with E-state index in [0.717, 1.165) is 0 Å². The molecule has 1 unspecified atom stereocenters. The molecule has 1 aromatic carbocycles. The van der Waals surface area contributed by atoms with Crippen LogP contribution < -0.4 is 5.32 Å². The van der Waals surface area contributed by atoms with Crippen molar-refractivity contribution in [1.82, 2.24) is 5.32 Å². The Morgan fingerprint density at radius 1 is 1.53 bits per heavy atom. The highest BCUT2D eigenvalue weighted by Gasteiger charge is 2.21. The van der Waals surface area contributed by atoms with Gasteiger partial charge < -0.3 is 10.4 Å². The zero-order valence-corrected chi connectivity index (χ0v) is 11.4. The van der Waals surface area contributed by atoms with Crippen molar-refractivity contribution in [2.75, 3.05) is 13.1 Å². The summed E-state index contributed by atoms with van der Waals surface area (Å²) >= 11 is 11.7. The number of carboxylic acids is 1. The van der Waals surface area contributed by atoms with Gasteiger partial charge in [-0.15, -0.1) is 0 Å². The van der Waals surface area contributed by atoms with E-state index in [4.69, 9.17) is 28.7 Å². The number of rotatable bonds is 7. The molecular weight excluding hydrogens is 291 g/mol. The second-order valence-corrected chi connectivity index (χ2v) is 4.54. The van der Waals surface area contributed by atoms with Gasteiger partial charge in [-0.05, 0) is 36.2 Å². The average Bonchev–Trinajstić information content (AvgIpc) is 2.35. The number of halogens is 2. The molecule has 0 aliphatic heterocycles. The zero-order chi connectivity index (χ0) is 14.3. The SMILES string of the molecule is [N-]=[N+]=NCCCNC(C(=O)O)c1ccc(Cl)cc1Cl. The minimum Gasteiger partial charge on any atom is -0.480 e. The minimum atomic E-state index is -1.03. The Morgan fingerprint density at radius 3 is 2.84 bits per heavy atom. The van der Waals surface area contributed by atoms with Crippen molar-refractivity contribution in [3.63, 3.8) is 0 Å². The molecule has 0 heterocycles. The summed E-state index contributed by atoms with van der Waals surface area (Å²) < 4.78 is 0. The van der Waals surface area contributed by atoms with Gasteiger partial charge in [0.25, 0.3) is 0 Å². The van der Waals surface area contributed by atoms with E-state index < -0.39 is 12.0 Å². The first-order chi connectivity index (χ1) is 9.06. The highest BCUT2D eigenvalue weighted by atomic mass is 35.5. The number of carbonyl (C=O) groups is 1. The fourth-order valence-electron chi connectivity index (χ4n) is 1.51. The summed E-state index contributed by atoms with van der Waals surface area (Å²) in [6, 6.07) is 3.73. The van der Waals surface area contributed by atoms with Crippen LogP contribution in [0.4, 0.5) is 0 Å². The van der Waals surface area contributed by atoms with Crippen LogP contribution in [0, 0.1) is 0 Å². The van der Waals surface area contributed by atoms with E-state index in [-0.39, 0.29) is 0 Å². The molecule has 8 heteroatoms. The van der Waals surface area contributed by atoms with Crippen molar-refractivity contribution >= 4 is 29.2 Å². The normalized spacial score (nSPS) is 11.7. The molecule has 1 aromatic rings. The molecule has 19 heavy (non-hydrogen) atoms. The maximum Gasteiger partial charge on any atom is 0.325 e. The Bertz CT molecular complexity index is 503. The van der Waals surface area contributed by atoms with Gasteiger partial charge in [-0.25, -0.2) is 0 Å². The van der Waals surface area contributed by atoms with E-state index in [2.05, 4.69) is 15.3 Å². The van der Waals surface area contributed by atoms with E-state index in [1.54, 1.807) is 12.1 Å². The third-order valence-electron chi connectivity index (χ3n) is 2.37. The highest BCUT2D eigenvalue weighted by Crippen LogP contribution is 2.26. The maximum atomic E-state index is 11.2. The standard InChI is InChI=1S/C11H12Cl2N4O2/c12-7-2-3-8(9(13)6-7)10(11(18)19)15-4-1-5-16-17-14/h2-3,6,10,15H,1,4-5H2,(H,18,19). The highest BCUT2D eigenvalue weighted by molar-refractivity contribution is 6.35. The summed E-state index contributed by atoms with van der Waals surface area (Å²) in [7, 11) is 0. The van der Waals surface area contributed by atoms with Crippen LogP contribution in [0.2, 0.25) is 10.0 Å². The lowest BCUT2D eigenvalue weighted by atomic mass is 10.1. The van der Waals surface area contributed by atoms with E-state index >= 15 is 0 Å². The monoisotopic (exact) mass is 302 g/mol. The second kappa shape index (κ2) is 7.86. The van der Waals surface area contributed by atoms with Gasteiger partial charge in [0.15, 0.2) is 0 Å². The fourth-order valence-corrected chi connectivity index (χ4v) is 2.02. The fraction of sp³-hybridized carbons (Fsp3) is 0.364. The van der Waals surface area contributed by atoms with Crippen molar-refractivity contribution < 1.29 is 9.90 Å². The largest absolute Gasteiger partial charge is 0.480 e. The summed E-state index contributed by atoms with van der Waals surface area (Å²) in [6.07, 6.45) is 0.541. The first-order valence-corrected chi connectivity index (χ1v) is 6.24. The number of carboxylic acid groups (broad SMARTS) is 1.